The van der Waals surface area contributed by atoms with Crippen LogP contribution in [0.1, 0.15) is 19.5 Å². The Kier molecular flexibility index (Phi) is 4.20. The SMILES string of the molecule is Cc1cc2cc(-c3nc4ccc(-c5nn[nH]n5)cc4nc3N(C)C(C)C)ccc2[nH]1. The van der Waals surface area contributed by atoms with Gasteiger partial charge in [-0.2, -0.15) is 5.21 Å². The summed E-state index contributed by atoms with van der Waals surface area (Å²) in [5.74, 6) is 1.38. The largest absolute Gasteiger partial charge is 0.359 e. The normalized spacial score (nSPS) is 11.6. The standard InChI is InChI=1S/C22H22N8/c1-12(2)30(4)22-20(14-5-7-17-16(10-14)9-13(3)23-17)24-18-8-6-15(11-19(18)25-22)21-26-28-29-27-21/h5-12,23H,1-4H3,(H,26,27,28,29). The number of fused-ring (bicyclic) bond motifs is 2. The van der Waals surface area contributed by atoms with Gasteiger partial charge in [0.15, 0.2) is 5.82 Å². The van der Waals surface area contributed by atoms with Crippen molar-refractivity contribution in [1.29, 1.82) is 0 Å². The molecule has 0 aliphatic rings. The molecule has 0 saturated carbocycles. The zero-order chi connectivity index (χ0) is 20.8. The van der Waals surface area contributed by atoms with Crippen LogP contribution in [0.25, 0.3) is 44.6 Å². The number of hydrogen-bond donors (Lipinski definition) is 2. The molecule has 5 rings (SSSR count). The van der Waals surface area contributed by atoms with Crippen molar-refractivity contribution in [3.05, 3.63) is 48.2 Å². The first kappa shape index (κ1) is 18.2. The molecular formula is C22H22N8. The fourth-order valence-corrected chi connectivity index (χ4v) is 3.58. The van der Waals surface area contributed by atoms with Crippen LogP contribution in [0.3, 0.4) is 0 Å². The maximum atomic E-state index is 5.01. The maximum absolute atomic E-state index is 5.01. The molecule has 0 atom stereocenters. The summed E-state index contributed by atoms with van der Waals surface area (Å²) in [6.07, 6.45) is 0. The van der Waals surface area contributed by atoms with Crippen molar-refractivity contribution < 1.29 is 0 Å². The van der Waals surface area contributed by atoms with Crippen LogP contribution in [0, 0.1) is 6.92 Å². The summed E-state index contributed by atoms with van der Waals surface area (Å²) in [6.45, 7) is 6.35. The van der Waals surface area contributed by atoms with Crippen LogP contribution in [0.4, 0.5) is 5.82 Å². The minimum Gasteiger partial charge on any atom is -0.359 e. The number of tetrazole rings is 1. The average molecular weight is 398 g/mol. The van der Waals surface area contributed by atoms with Crippen molar-refractivity contribution in [2.24, 2.45) is 0 Å². The van der Waals surface area contributed by atoms with E-state index in [0.29, 0.717) is 5.82 Å². The lowest BCUT2D eigenvalue weighted by Gasteiger charge is -2.25. The molecule has 0 saturated heterocycles. The van der Waals surface area contributed by atoms with E-state index in [0.717, 1.165) is 50.3 Å². The molecule has 0 spiro atoms. The predicted octanol–water partition coefficient (Wildman–Crippen LogP) is 4.11. The predicted molar refractivity (Wildman–Crippen MR) is 118 cm³/mol. The quantitative estimate of drug-likeness (QED) is 0.473. The molecule has 8 nitrogen and oxygen atoms in total. The summed E-state index contributed by atoms with van der Waals surface area (Å²) in [5.41, 5.74) is 6.63. The van der Waals surface area contributed by atoms with Gasteiger partial charge in [-0.3, -0.25) is 0 Å². The molecule has 5 aromatic rings. The first-order chi connectivity index (χ1) is 14.5. The Morgan fingerprint density at radius 1 is 0.933 bits per heavy atom. The van der Waals surface area contributed by atoms with E-state index in [1.165, 1.54) is 0 Å². The van der Waals surface area contributed by atoms with Crippen LogP contribution >= 0.6 is 0 Å². The van der Waals surface area contributed by atoms with Crippen molar-refractivity contribution in [3.8, 4) is 22.6 Å². The van der Waals surface area contributed by atoms with Gasteiger partial charge in [0.25, 0.3) is 0 Å². The van der Waals surface area contributed by atoms with Crippen molar-refractivity contribution in [3.63, 3.8) is 0 Å². The topological polar surface area (TPSA) is 99.3 Å². The van der Waals surface area contributed by atoms with E-state index in [4.69, 9.17) is 9.97 Å². The van der Waals surface area contributed by atoms with E-state index in [-0.39, 0.29) is 6.04 Å². The molecule has 150 valence electrons. The molecule has 0 aliphatic heterocycles. The third-order valence-corrected chi connectivity index (χ3v) is 5.39. The van der Waals surface area contributed by atoms with Gasteiger partial charge in [-0.05, 0) is 62.4 Å². The first-order valence-electron chi connectivity index (χ1n) is 9.88. The molecule has 0 aliphatic carbocycles. The summed E-state index contributed by atoms with van der Waals surface area (Å²) < 4.78 is 0. The van der Waals surface area contributed by atoms with Crippen molar-refractivity contribution in [2.45, 2.75) is 26.8 Å². The molecule has 0 amide bonds. The second-order valence-corrected chi connectivity index (χ2v) is 7.79. The third-order valence-electron chi connectivity index (χ3n) is 5.39. The highest BCUT2D eigenvalue weighted by Crippen LogP contribution is 2.33. The van der Waals surface area contributed by atoms with E-state index in [9.17, 15) is 0 Å². The lowest BCUT2D eigenvalue weighted by Crippen LogP contribution is -2.27. The van der Waals surface area contributed by atoms with Crippen LogP contribution < -0.4 is 4.90 Å². The number of nitrogens with one attached hydrogen (secondary N) is 2. The number of hydrogen-bond acceptors (Lipinski definition) is 6. The molecule has 0 radical (unpaired) electrons. The summed E-state index contributed by atoms with van der Waals surface area (Å²) in [6, 6.07) is 14.6. The Hall–Kier alpha value is -3.81. The second kappa shape index (κ2) is 6.91. The smallest absolute Gasteiger partial charge is 0.204 e. The van der Waals surface area contributed by atoms with Gasteiger partial charge in [0.1, 0.15) is 5.69 Å². The van der Waals surface area contributed by atoms with E-state index in [1.807, 2.05) is 25.2 Å². The van der Waals surface area contributed by atoms with Gasteiger partial charge in [0.05, 0.1) is 11.0 Å². The molecule has 0 unspecified atom stereocenters. The van der Waals surface area contributed by atoms with Crippen LogP contribution in [-0.4, -0.2) is 48.7 Å². The van der Waals surface area contributed by atoms with Crippen LogP contribution in [0.5, 0.6) is 0 Å². The second-order valence-electron chi connectivity index (χ2n) is 7.79. The monoisotopic (exact) mass is 398 g/mol. The molecule has 0 fully saturated rings. The number of aromatic amines is 2. The number of anilines is 1. The molecule has 2 aromatic carbocycles. The zero-order valence-corrected chi connectivity index (χ0v) is 17.3. The highest BCUT2D eigenvalue weighted by atomic mass is 15.5. The van der Waals surface area contributed by atoms with Crippen molar-refractivity contribution in [2.75, 3.05) is 11.9 Å². The van der Waals surface area contributed by atoms with Gasteiger partial charge in [0.2, 0.25) is 5.82 Å². The lowest BCUT2D eigenvalue weighted by atomic mass is 10.1. The summed E-state index contributed by atoms with van der Waals surface area (Å²) in [4.78, 5) is 15.5. The Morgan fingerprint density at radius 2 is 1.77 bits per heavy atom. The number of H-pyrrole nitrogens is 2. The van der Waals surface area contributed by atoms with Crippen molar-refractivity contribution >= 4 is 27.8 Å². The van der Waals surface area contributed by atoms with Gasteiger partial charge in [-0.15, -0.1) is 10.2 Å². The Bertz CT molecular complexity index is 1350. The zero-order valence-electron chi connectivity index (χ0n) is 17.3. The van der Waals surface area contributed by atoms with Gasteiger partial charge in [-0.25, -0.2) is 9.97 Å². The maximum Gasteiger partial charge on any atom is 0.204 e. The molecular weight excluding hydrogens is 376 g/mol. The Balaban J connectivity index is 1.72. The molecule has 3 aromatic heterocycles. The minimum atomic E-state index is 0.272. The Morgan fingerprint density at radius 3 is 2.53 bits per heavy atom. The van der Waals surface area contributed by atoms with E-state index in [2.05, 4.69) is 75.5 Å². The summed E-state index contributed by atoms with van der Waals surface area (Å²) >= 11 is 0. The summed E-state index contributed by atoms with van der Waals surface area (Å²) in [7, 11) is 2.05. The molecule has 3 heterocycles. The van der Waals surface area contributed by atoms with Crippen molar-refractivity contribution in [1.82, 2.24) is 35.6 Å². The fraction of sp³-hybridized carbons (Fsp3) is 0.227. The van der Waals surface area contributed by atoms with Gasteiger partial charge in [0, 0.05) is 40.8 Å². The minimum absolute atomic E-state index is 0.272. The first-order valence-corrected chi connectivity index (χ1v) is 9.88. The molecule has 8 heteroatoms. The number of nitrogens with zero attached hydrogens (tertiary/aromatic N) is 6. The number of aryl methyl sites for hydroxylation is 1. The highest BCUT2D eigenvalue weighted by molar-refractivity contribution is 5.90. The Labute approximate surface area is 173 Å². The average Bonchev–Trinajstić information content (AvgIpc) is 3.40. The van der Waals surface area contributed by atoms with Gasteiger partial charge >= 0.3 is 0 Å². The number of aromatic nitrogens is 7. The lowest BCUT2D eigenvalue weighted by molar-refractivity contribution is 0.744. The fourth-order valence-electron chi connectivity index (χ4n) is 3.58. The van der Waals surface area contributed by atoms with Gasteiger partial charge < -0.3 is 9.88 Å². The highest BCUT2D eigenvalue weighted by Gasteiger charge is 2.18. The van der Waals surface area contributed by atoms with E-state index in [1.54, 1.807) is 0 Å². The van der Waals surface area contributed by atoms with E-state index < -0.39 is 0 Å². The molecule has 2 N–H and O–H groups in total. The molecule has 0 bridgehead atoms. The van der Waals surface area contributed by atoms with Gasteiger partial charge in [-0.1, -0.05) is 6.07 Å². The van der Waals surface area contributed by atoms with Crippen LogP contribution in [0.2, 0.25) is 0 Å². The van der Waals surface area contributed by atoms with E-state index >= 15 is 0 Å². The van der Waals surface area contributed by atoms with Crippen LogP contribution in [0.15, 0.2) is 42.5 Å². The number of benzene rings is 2. The molecule has 30 heavy (non-hydrogen) atoms. The third kappa shape index (κ3) is 3.06. The summed E-state index contributed by atoms with van der Waals surface area (Å²) in [5, 5.41) is 15.4. The number of rotatable bonds is 4. The van der Waals surface area contributed by atoms with Crippen LogP contribution in [-0.2, 0) is 0 Å².